The molecule has 2 nitrogen and oxygen atoms in total. The van der Waals surface area contributed by atoms with Crippen LogP contribution in [0.3, 0.4) is 0 Å². The Labute approximate surface area is 171 Å². The number of benzene rings is 3. The van der Waals surface area contributed by atoms with Crippen molar-refractivity contribution in [3.63, 3.8) is 0 Å². The normalized spacial score (nSPS) is 11.1. The van der Waals surface area contributed by atoms with Crippen molar-refractivity contribution < 1.29 is 4.57 Å². The molecule has 0 aliphatic carbocycles. The van der Waals surface area contributed by atoms with Crippen LogP contribution in [-0.4, -0.2) is 13.1 Å². The third kappa shape index (κ3) is 3.55. The van der Waals surface area contributed by atoms with Gasteiger partial charge in [0.25, 0.3) is 5.01 Å². The summed E-state index contributed by atoms with van der Waals surface area (Å²) in [6.45, 7) is 9.53. The first kappa shape index (κ1) is 18.7. The number of para-hydroxylation sites is 1. The summed E-state index contributed by atoms with van der Waals surface area (Å²) < 4.78 is 3.83. The first-order valence-corrected chi connectivity index (χ1v) is 10.8. The highest BCUT2D eigenvalue weighted by molar-refractivity contribution is 7.21. The van der Waals surface area contributed by atoms with Gasteiger partial charge in [0.1, 0.15) is 4.70 Å². The van der Waals surface area contributed by atoms with Gasteiger partial charge in [-0.05, 0) is 44.5 Å². The van der Waals surface area contributed by atoms with Crippen molar-refractivity contribution in [3.8, 4) is 10.6 Å². The van der Waals surface area contributed by atoms with Crippen LogP contribution in [0.5, 0.6) is 0 Å². The van der Waals surface area contributed by atoms with Gasteiger partial charge in [-0.2, -0.15) is 4.57 Å². The lowest BCUT2D eigenvalue weighted by atomic mass is 10.1. The van der Waals surface area contributed by atoms with E-state index in [9.17, 15) is 0 Å². The molecular weight excluding hydrogens is 360 g/mol. The fourth-order valence-corrected chi connectivity index (χ4v) is 5.10. The molecule has 3 aromatic carbocycles. The molecule has 1 aromatic heterocycles. The molecule has 0 aliphatic heterocycles. The highest BCUT2D eigenvalue weighted by Gasteiger charge is 2.25. The number of hydrogen-bond acceptors (Lipinski definition) is 2. The number of nitrogens with zero attached hydrogens (tertiary/aromatic N) is 2. The first-order valence-electron chi connectivity index (χ1n) is 10.0. The maximum atomic E-state index is 2.48. The van der Waals surface area contributed by atoms with E-state index >= 15 is 0 Å². The lowest BCUT2D eigenvalue weighted by molar-refractivity contribution is -0.647. The second-order valence-electron chi connectivity index (χ2n) is 7.14. The lowest BCUT2D eigenvalue weighted by Gasteiger charge is -2.22. The lowest BCUT2D eigenvalue weighted by Crippen LogP contribution is -2.35. The van der Waals surface area contributed by atoms with Crippen LogP contribution >= 0.6 is 11.3 Å². The number of aryl methyl sites for hydroxylation is 1. The van der Waals surface area contributed by atoms with E-state index in [4.69, 9.17) is 0 Å². The molecular formula is C25H27N2S+. The molecule has 0 saturated carbocycles. The van der Waals surface area contributed by atoms with E-state index in [0.717, 1.165) is 19.6 Å². The van der Waals surface area contributed by atoms with Crippen LogP contribution in [0.4, 0.5) is 5.69 Å². The van der Waals surface area contributed by atoms with Crippen LogP contribution in [0.1, 0.15) is 25.0 Å². The minimum absolute atomic E-state index is 0.881. The minimum atomic E-state index is 0.881. The Morgan fingerprint density at radius 2 is 1.57 bits per heavy atom. The predicted octanol–water partition coefficient (Wildman–Crippen LogP) is 6.06. The summed E-state index contributed by atoms with van der Waals surface area (Å²) in [5, 5.41) is 1.33. The average molecular weight is 388 g/mol. The summed E-state index contributed by atoms with van der Waals surface area (Å²) in [6.07, 6.45) is 0. The Morgan fingerprint density at radius 1 is 0.857 bits per heavy atom. The molecule has 0 aliphatic rings. The van der Waals surface area contributed by atoms with Gasteiger partial charge in [0, 0.05) is 24.7 Å². The number of thiazole rings is 1. The van der Waals surface area contributed by atoms with E-state index in [-0.39, 0.29) is 0 Å². The second-order valence-corrected chi connectivity index (χ2v) is 8.17. The van der Waals surface area contributed by atoms with E-state index in [0.29, 0.717) is 0 Å². The third-order valence-corrected chi connectivity index (χ3v) is 6.46. The van der Waals surface area contributed by atoms with Crippen molar-refractivity contribution in [1.82, 2.24) is 0 Å². The zero-order chi connectivity index (χ0) is 19.5. The van der Waals surface area contributed by atoms with Crippen molar-refractivity contribution in [3.05, 3.63) is 83.9 Å². The molecule has 4 rings (SSSR count). The van der Waals surface area contributed by atoms with Gasteiger partial charge < -0.3 is 4.90 Å². The van der Waals surface area contributed by atoms with Gasteiger partial charge in [0.2, 0.25) is 5.52 Å². The van der Waals surface area contributed by atoms with Gasteiger partial charge in [-0.3, -0.25) is 0 Å². The van der Waals surface area contributed by atoms with Crippen molar-refractivity contribution >= 4 is 27.2 Å². The van der Waals surface area contributed by atoms with Gasteiger partial charge in [0.05, 0.1) is 11.3 Å². The summed E-state index contributed by atoms with van der Waals surface area (Å²) in [4.78, 5) is 2.44. The van der Waals surface area contributed by atoms with Gasteiger partial charge in [-0.25, -0.2) is 0 Å². The molecule has 0 radical (unpaired) electrons. The predicted molar refractivity (Wildman–Crippen MR) is 121 cm³/mol. The zero-order valence-electron chi connectivity index (χ0n) is 16.9. The number of anilines is 1. The zero-order valence-corrected chi connectivity index (χ0v) is 17.7. The van der Waals surface area contributed by atoms with Gasteiger partial charge in [-0.1, -0.05) is 59.9 Å². The molecule has 28 heavy (non-hydrogen) atoms. The Hall–Kier alpha value is -2.65. The minimum Gasteiger partial charge on any atom is -0.371 e. The average Bonchev–Trinajstić information content (AvgIpc) is 3.07. The fraction of sp³-hybridized carbons (Fsp3) is 0.240. The Balaban J connectivity index is 1.93. The summed E-state index contributed by atoms with van der Waals surface area (Å²) in [7, 11) is 0. The highest BCUT2D eigenvalue weighted by atomic mass is 32.1. The van der Waals surface area contributed by atoms with Crippen molar-refractivity contribution in [2.45, 2.75) is 27.3 Å². The molecule has 0 amide bonds. The molecule has 0 spiro atoms. The second kappa shape index (κ2) is 8.15. The highest BCUT2D eigenvalue weighted by Crippen LogP contribution is 2.35. The molecule has 3 heteroatoms. The SMILES string of the molecule is CCN(CC)c1ccccc1-c1sc2cc(C)ccc2[n+]1Cc1ccccc1. The van der Waals surface area contributed by atoms with E-state index < -0.39 is 0 Å². The summed E-state index contributed by atoms with van der Waals surface area (Å²) in [5.41, 5.74) is 6.58. The van der Waals surface area contributed by atoms with Crippen molar-refractivity contribution in [2.75, 3.05) is 18.0 Å². The van der Waals surface area contributed by atoms with Crippen molar-refractivity contribution in [2.24, 2.45) is 0 Å². The summed E-state index contributed by atoms with van der Waals surface area (Å²) >= 11 is 1.90. The van der Waals surface area contributed by atoms with Crippen LogP contribution in [0, 0.1) is 6.92 Å². The molecule has 142 valence electrons. The van der Waals surface area contributed by atoms with E-state index in [1.54, 1.807) is 0 Å². The number of hydrogen-bond donors (Lipinski definition) is 0. The molecule has 0 atom stereocenters. The Bertz CT molecular complexity index is 1080. The maximum absolute atomic E-state index is 2.48. The fourth-order valence-electron chi connectivity index (χ4n) is 3.81. The van der Waals surface area contributed by atoms with Crippen LogP contribution in [0.2, 0.25) is 0 Å². The van der Waals surface area contributed by atoms with Crippen LogP contribution in [0.15, 0.2) is 72.8 Å². The molecule has 4 aromatic rings. The molecule has 0 unspecified atom stereocenters. The van der Waals surface area contributed by atoms with E-state index in [1.807, 2.05) is 11.3 Å². The summed E-state index contributed by atoms with van der Waals surface area (Å²) in [5.74, 6) is 0. The van der Waals surface area contributed by atoms with Crippen LogP contribution < -0.4 is 9.47 Å². The van der Waals surface area contributed by atoms with Crippen LogP contribution in [0.25, 0.3) is 20.8 Å². The molecule has 1 heterocycles. The number of fused-ring (bicyclic) bond motifs is 1. The summed E-state index contributed by atoms with van der Waals surface area (Å²) in [6, 6.07) is 26.4. The van der Waals surface area contributed by atoms with Gasteiger partial charge in [0.15, 0.2) is 6.54 Å². The number of aromatic nitrogens is 1. The maximum Gasteiger partial charge on any atom is 0.272 e. The monoisotopic (exact) mass is 387 g/mol. The van der Waals surface area contributed by atoms with Gasteiger partial charge >= 0.3 is 0 Å². The molecule has 0 bridgehead atoms. The molecule has 0 saturated heterocycles. The molecule has 0 fully saturated rings. The smallest absolute Gasteiger partial charge is 0.272 e. The largest absolute Gasteiger partial charge is 0.371 e. The van der Waals surface area contributed by atoms with E-state index in [1.165, 1.54) is 37.6 Å². The topological polar surface area (TPSA) is 7.12 Å². The number of rotatable bonds is 6. The Kier molecular flexibility index (Phi) is 5.45. The van der Waals surface area contributed by atoms with Crippen LogP contribution in [-0.2, 0) is 6.54 Å². The molecule has 0 N–H and O–H groups in total. The standard InChI is InChI=1S/C25H27N2S/c1-4-26(5-2)22-14-10-9-13-21(22)25-27(18-20-11-7-6-8-12-20)23-16-15-19(3)17-24(23)28-25/h6-17H,4-5,18H2,1-3H3/q+1. The van der Waals surface area contributed by atoms with E-state index in [2.05, 4.69) is 103 Å². The quantitative estimate of drug-likeness (QED) is 0.365. The first-order chi connectivity index (χ1) is 13.7. The Morgan fingerprint density at radius 3 is 2.32 bits per heavy atom. The van der Waals surface area contributed by atoms with Gasteiger partial charge in [-0.15, -0.1) is 0 Å². The van der Waals surface area contributed by atoms with Crippen molar-refractivity contribution in [1.29, 1.82) is 0 Å². The third-order valence-electron chi connectivity index (χ3n) is 5.28.